The number of carbonyl (C=O) groups is 2. The molecule has 0 bridgehead atoms. The largest absolute Gasteiger partial charge is 0.394 e. The van der Waals surface area contributed by atoms with E-state index in [1.54, 1.807) is 0 Å². The monoisotopic (exact) mass is 389 g/mol. The van der Waals surface area contributed by atoms with Crippen molar-refractivity contribution >= 4 is 11.7 Å². The zero-order valence-electron chi connectivity index (χ0n) is 17.1. The van der Waals surface area contributed by atoms with Crippen LogP contribution in [0, 0.1) is 11.3 Å². The van der Waals surface area contributed by atoms with Gasteiger partial charge in [-0.1, -0.05) is 34.6 Å². The summed E-state index contributed by atoms with van der Waals surface area (Å²) >= 11 is 0. The number of Topliss-reactive ketones (excluding diaryl/α,β-unsaturated/α-hetero) is 1. The second-order valence-corrected chi connectivity index (χ2v) is 8.35. The SMILES string of the molecule is CCC(CC(C)C(=O)C(C)(C)C)O[C@@H]1O[C@H](CO)[C@H](O)[C@H](O)[C@H]1NC(C)=O. The Hall–Kier alpha value is -1.06. The van der Waals surface area contributed by atoms with Crippen LogP contribution in [0.15, 0.2) is 0 Å². The lowest BCUT2D eigenvalue weighted by Crippen LogP contribution is -2.65. The third-order valence-corrected chi connectivity index (χ3v) is 4.84. The summed E-state index contributed by atoms with van der Waals surface area (Å²) in [5, 5.41) is 32.3. The molecule has 1 amide bonds. The van der Waals surface area contributed by atoms with E-state index in [4.69, 9.17) is 9.47 Å². The summed E-state index contributed by atoms with van der Waals surface area (Å²) in [7, 11) is 0. The smallest absolute Gasteiger partial charge is 0.217 e. The molecule has 7 atom stereocenters. The van der Waals surface area contributed by atoms with E-state index in [-0.39, 0.29) is 17.8 Å². The first-order valence-corrected chi connectivity index (χ1v) is 9.51. The highest BCUT2D eigenvalue weighted by molar-refractivity contribution is 5.85. The Morgan fingerprint density at radius 3 is 2.26 bits per heavy atom. The summed E-state index contributed by atoms with van der Waals surface area (Å²) in [5.74, 6) is -0.520. The average Bonchev–Trinajstić information content (AvgIpc) is 2.58. The van der Waals surface area contributed by atoms with Gasteiger partial charge in [0, 0.05) is 18.3 Å². The first-order valence-electron chi connectivity index (χ1n) is 9.51. The van der Waals surface area contributed by atoms with E-state index >= 15 is 0 Å². The molecule has 1 saturated heterocycles. The van der Waals surface area contributed by atoms with Gasteiger partial charge in [0.2, 0.25) is 5.91 Å². The molecule has 0 radical (unpaired) electrons. The Kier molecular flexibility index (Phi) is 8.82. The maximum Gasteiger partial charge on any atom is 0.217 e. The number of amides is 1. The molecule has 8 heteroatoms. The van der Waals surface area contributed by atoms with Crippen LogP contribution in [0.25, 0.3) is 0 Å². The average molecular weight is 389 g/mol. The number of aliphatic hydroxyl groups is 3. The van der Waals surface area contributed by atoms with E-state index in [0.29, 0.717) is 12.8 Å². The molecule has 1 rings (SSSR count). The number of hydrogen-bond acceptors (Lipinski definition) is 7. The van der Waals surface area contributed by atoms with E-state index < -0.39 is 48.6 Å². The van der Waals surface area contributed by atoms with Crippen molar-refractivity contribution in [3.05, 3.63) is 0 Å². The molecule has 158 valence electrons. The predicted molar refractivity (Wildman–Crippen MR) is 98.8 cm³/mol. The lowest BCUT2D eigenvalue weighted by atomic mass is 9.81. The number of carbonyl (C=O) groups excluding carboxylic acids is 2. The molecule has 27 heavy (non-hydrogen) atoms. The lowest BCUT2D eigenvalue weighted by Gasteiger charge is -2.43. The summed E-state index contributed by atoms with van der Waals surface area (Å²) in [6, 6.07) is -0.983. The van der Waals surface area contributed by atoms with Crippen molar-refractivity contribution in [2.75, 3.05) is 6.61 Å². The Labute approximate surface area is 161 Å². The highest BCUT2D eigenvalue weighted by atomic mass is 16.7. The molecule has 8 nitrogen and oxygen atoms in total. The van der Waals surface area contributed by atoms with Gasteiger partial charge in [-0.2, -0.15) is 0 Å². The van der Waals surface area contributed by atoms with E-state index in [2.05, 4.69) is 5.32 Å². The number of nitrogens with one attached hydrogen (secondary N) is 1. The van der Waals surface area contributed by atoms with Crippen LogP contribution in [0.1, 0.15) is 54.4 Å². The first-order chi connectivity index (χ1) is 12.4. The van der Waals surface area contributed by atoms with Crippen LogP contribution in [-0.2, 0) is 19.1 Å². The topological polar surface area (TPSA) is 125 Å². The fourth-order valence-corrected chi connectivity index (χ4v) is 3.34. The molecule has 1 fully saturated rings. The lowest BCUT2D eigenvalue weighted by molar-refractivity contribution is -0.283. The molecule has 0 aliphatic carbocycles. The minimum Gasteiger partial charge on any atom is -0.394 e. The number of hydrogen-bond donors (Lipinski definition) is 4. The molecule has 0 saturated carbocycles. The van der Waals surface area contributed by atoms with Gasteiger partial charge in [-0.15, -0.1) is 0 Å². The van der Waals surface area contributed by atoms with E-state index in [1.165, 1.54) is 6.92 Å². The van der Waals surface area contributed by atoms with Crippen molar-refractivity contribution in [1.82, 2.24) is 5.32 Å². The van der Waals surface area contributed by atoms with Crippen molar-refractivity contribution in [1.29, 1.82) is 0 Å². The molecular weight excluding hydrogens is 354 g/mol. The molecule has 0 aromatic carbocycles. The van der Waals surface area contributed by atoms with Gasteiger partial charge in [0.15, 0.2) is 6.29 Å². The third kappa shape index (κ3) is 6.50. The van der Waals surface area contributed by atoms with Crippen LogP contribution in [0.4, 0.5) is 0 Å². The van der Waals surface area contributed by atoms with Gasteiger partial charge in [-0.25, -0.2) is 0 Å². The van der Waals surface area contributed by atoms with Gasteiger partial charge in [-0.3, -0.25) is 9.59 Å². The van der Waals surface area contributed by atoms with Gasteiger partial charge in [0.05, 0.1) is 12.7 Å². The Morgan fingerprint density at radius 2 is 1.81 bits per heavy atom. The number of ketones is 1. The van der Waals surface area contributed by atoms with E-state index in [1.807, 2.05) is 34.6 Å². The Balaban J connectivity index is 2.90. The van der Waals surface area contributed by atoms with Crippen LogP contribution in [0.2, 0.25) is 0 Å². The van der Waals surface area contributed by atoms with Crippen molar-refractivity contribution in [3.8, 4) is 0 Å². The van der Waals surface area contributed by atoms with Gasteiger partial charge in [0.1, 0.15) is 30.1 Å². The van der Waals surface area contributed by atoms with Crippen LogP contribution in [-0.4, -0.2) is 70.4 Å². The van der Waals surface area contributed by atoms with Crippen molar-refractivity contribution in [2.45, 2.75) is 91.1 Å². The van der Waals surface area contributed by atoms with Gasteiger partial charge in [0.25, 0.3) is 0 Å². The minimum absolute atomic E-state index is 0.121. The highest BCUT2D eigenvalue weighted by Crippen LogP contribution is 2.28. The summed E-state index contributed by atoms with van der Waals surface area (Å²) in [4.78, 5) is 23.9. The number of ether oxygens (including phenoxy) is 2. The summed E-state index contributed by atoms with van der Waals surface area (Å²) < 4.78 is 11.6. The third-order valence-electron chi connectivity index (χ3n) is 4.84. The second kappa shape index (κ2) is 9.93. The number of aliphatic hydroxyl groups excluding tert-OH is 3. The molecule has 1 aliphatic rings. The van der Waals surface area contributed by atoms with Crippen molar-refractivity contribution in [3.63, 3.8) is 0 Å². The Bertz CT molecular complexity index is 505. The Morgan fingerprint density at radius 1 is 1.22 bits per heavy atom. The van der Waals surface area contributed by atoms with Gasteiger partial charge in [-0.05, 0) is 12.8 Å². The molecule has 0 aromatic rings. The molecule has 2 unspecified atom stereocenters. The molecule has 1 aliphatic heterocycles. The summed E-state index contributed by atoms with van der Waals surface area (Å²) in [5.41, 5.74) is -0.458. The molecule has 0 aromatic heterocycles. The predicted octanol–water partition coefficient (Wildman–Crippen LogP) is 0.367. The maximum atomic E-state index is 12.5. The molecule has 0 spiro atoms. The molecule has 4 N–H and O–H groups in total. The fraction of sp³-hybridized carbons (Fsp3) is 0.895. The number of rotatable bonds is 8. The van der Waals surface area contributed by atoms with Crippen molar-refractivity contribution in [2.24, 2.45) is 11.3 Å². The van der Waals surface area contributed by atoms with Crippen LogP contribution in [0.5, 0.6) is 0 Å². The molecular formula is C19H35NO7. The van der Waals surface area contributed by atoms with Gasteiger partial charge >= 0.3 is 0 Å². The minimum atomic E-state index is -1.35. The van der Waals surface area contributed by atoms with Crippen LogP contribution in [0.3, 0.4) is 0 Å². The zero-order chi connectivity index (χ0) is 20.9. The normalized spacial score (nSPS) is 31.2. The van der Waals surface area contributed by atoms with E-state index in [0.717, 1.165) is 0 Å². The van der Waals surface area contributed by atoms with Gasteiger partial charge < -0.3 is 30.1 Å². The summed E-state index contributed by atoms with van der Waals surface area (Å²) in [6.45, 7) is 10.2. The molecule has 1 heterocycles. The van der Waals surface area contributed by atoms with Crippen molar-refractivity contribution < 1.29 is 34.4 Å². The summed E-state index contributed by atoms with van der Waals surface area (Å²) in [6.07, 6.45) is -4.08. The van der Waals surface area contributed by atoms with Crippen LogP contribution < -0.4 is 5.32 Å². The maximum absolute atomic E-state index is 12.5. The standard InChI is InChI=1S/C19H35NO7/c1-7-12(8-10(2)17(25)19(4,5)6)26-18-14(20-11(3)22)16(24)15(23)13(9-21)27-18/h10,12-16,18,21,23-24H,7-9H2,1-6H3,(H,20,22)/t10?,12?,13-,14-,15+,16-,18-/m1/s1. The highest BCUT2D eigenvalue weighted by Gasteiger charge is 2.46. The first kappa shape index (κ1) is 24.0. The van der Waals surface area contributed by atoms with Crippen LogP contribution >= 0.6 is 0 Å². The quantitative estimate of drug-likeness (QED) is 0.472. The second-order valence-electron chi connectivity index (χ2n) is 8.35. The van der Waals surface area contributed by atoms with E-state index in [9.17, 15) is 24.9 Å². The fourth-order valence-electron chi connectivity index (χ4n) is 3.34. The zero-order valence-corrected chi connectivity index (χ0v) is 17.1.